The monoisotopic (exact) mass is 261 g/mol. The molecule has 1 saturated heterocycles. The van der Waals surface area contributed by atoms with Crippen LogP contribution in [0.15, 0.2) is 24.3 Å². The molecule has 102 valence electrons. The van der Waals surface area contributed by atoms with Gasteiger partial charge in [-0.05, 0) is 25.8 Å². The number of aliphatic carboxylic acids is 1. The SMILES string of the molecule is Cc1ccc(CC(=O)N2CCC(C(=O)O)C2C)cc1. The third-order valence-electron chi connectivity index (χ3n) is 3.87. The molecule has 1 amide bonds. The first-order valence-corrected chi connectivity index (χ1v) is 6.57. The Labute approximate surface area is 113 Å². The van der Waals surface area contributed by atoms with Crippen LogP contribution in [0.5, 0.6) is 0 Å². The Morgan fingerprint density at radius 1 is 1.32 bits per heavy atom. The highest BCUT2D eigenvalue weighted by atomic mass is 16.4. The summed E-state index contributed by atoms with van der Waals surface area (Å²) in [6, 6.07) is 7.65. The lowest BCUT2D eigenvalue weighted by Gasteiger charge is -2.23. The van der Waals surface area contributed by atoms with E-state index in [9.17, 15) is 9.59 Å². The number of carbonyl (C=O) groups excluding carboxylic acids is 1. The first-order valence-electron chi connectivity index (χ1n) is 6.57. The Morgan fingerprint density at radius 3 is 2.47 bits per heavy atom. The van der Waals surface area contributed by atoms with Crippen LogP contribution in [-0.4, -0.2) is 34.5 Å². The van der Waals surface area contributed by atoms with Crippen LogP contribution < -0.4 is 0 Å². The molecule has 1 aliphatic rings. The highest BCUT2D eigenvalue weighted by Gasteiger charge is 2.37. The molecule has 0 aromatic heterocycles. The predicted molar refractivity (Wildman–Crippen MR) is 71.8 cm³/mol. The zero-order chi connectivity index (χ0) is 14.0. The van der Waals surface area contributed by atoms with Crippen molar-refractivity contribution in [2.75, 3.05) is 6.54 Å². The fourth-order valence-corrected chi connectivity index (χ4v) is 2.60. The minimum absolute atomic E-state index is 0.0140. The molecule has 1 aromatic rings. The summed E-state index contributed by atoms with van der Waals surface area (Å²) in [5, 5.41) is 9.07. The van der Waals surface area contributed by atoms with Gasteiger partial charge in [0, 0.05) is 12.6 Å². The molecule has 2 rings (SSSR count). The van der Waals surface area contributed by atoms with E-state index in [4.69, 9.17) is 5.11 Å². The van der Waals surface area contributed by atoms with Crippen LogP contribution in [0.1, 0.15) is 24.5 Å². The molecular formula is C15H19NO3. The van der Waals surface area contributed by atoms with E-state index < -0.39 is 11.9 Å². The number of nitrogens with zero attached hydrogens (tertiary/aromatic N) is 1. The van der Waals surface area contributed by atoms with Crippen molar-refractivity contribution in [3.63, 3.8) is 0 Å². The quantitative estimate of drug-likeness (QED) is 0.903. The van der Waals surface area contributed by atoms with E-state index in [0.717, 1.165) is 11.1 Å². The van der Waals surface area contributed by atoms with Crippen LogP contribution in [0.2, 0.25) is 0 Å². The molecule has 1 aliphatic heterocycles. The zero-order valence-electron chi connectivity index (χ0n) is 11.3. The van der Waals surface area contributed by atoms with Crippen molar-refractivity contribution in [1.29, 1.82) is 0 Å². The second-order valence-corrected chi connectivity index (χ2v) is 5.22. The summed E-state index contributed by atoms with van der Waals surface area (Å²) in [4.78, 5) is 24.9. The standard InChI is InChI=1S/C15H19NO3/c1-10-3-5-12(6-4-10)9-14(17)16-8-7-13(11(16)2)15(18)19/h3-6,11,13H,7-9H2,1-2H3,(H,18,19). The summed E-state index contributed by atoms with van der Waals surface area (Å²) in [5.41, 5.74) is 2.14. The van der Waals surface area contributed by atoms with E-state index in [2.05, 4.69) is 0 Å². The number of carboxylic acid groups (broad SMARTS) is 1. The molecule has 1 heterocycles. The van der Waals surface area contributed by atoms with Crippen molar-refractivity contribution in [1.82, 2.24) is 4.90 Å². The Balaban J connectivity index is 2.01. The molecule has 0 aliphatic carbocycles. The molecule has 0 bridgehead atoms. The molecular weight excluding hydrogens is 242 g/mol. The molecule has 1 N–H and O–H groups in total. The van der Waals surface area contributed by atoms with Gasteiger partial charge in [-0.15, -0.1) is 0 Å². The largest absolute Gasteiger partial charge is 0.481 e. The molecule has 0 radical (unpaired) electrons. The third-order valence-corrected chi connectivity index (χ3v) is 3.87. The molecule has 19 heavy (non-hydrogen) atoms. The molecule has 2 atom stereocenters. The van der Waals surface area contributed by atoms with Crippen molar-refractivity contribution >= 4 is 11.9 Å². The van der Waals surface area contributed by atoms with E-state index in [-0.39, 0.29) is 11.9 Å². The van der Waals surface area contributed by atoms with Gasteiger partial charge in [-0.3, -0.25) is 9.59 Å². The van der Waals surface area contributed by atoms with Gasteiger partial charge in [-0.25, -0.2) is 0 Å². The summed E-state index contributed by atoms with van der Waals surface area (Å²) < 4.78 is 0. The lowest BCUT2D eigenvalue weighted by Crippen LogP contribution is -2.38. The number of carbonyl (C=O) groups is 2. The Kier molecular flexibility index (Phi) is 3.88. The lowest BCUT2D eigenvalue weighted by molar-refractivity contribution is -0.143. The van der Waals surface area contributed by atoms with Crippen LogP contribution >= 0.6 is 0 Å². The van der Waals surface area contributed by atoms with Crippen LogP contribution in [0.25, 0.3) is 0 Å². The summed E-state index contributed by atoms with van der Waals surface area (Å²) >= 11 is 0. The second-order valence-electron chi connectivity index (χ2n) is 5.22. The molecule has 4 heteroatoms. The van der Waals surface area contributed by atoms with Gasteiger partial charge in [0.05, 0.1) is 12.3 Å². The molecule has 0 saturated carbocycles. The molecule has 1 fully saturated rings. The highest BCUT2D eigenvalue weighted by molar-refractivity contribution is 5.81. The van der Waals surface area contributed by atoms with E-state index in [1.807, 2.05) is 38.1 Å². The van der Waals surface area contributed by atoms with Gasteiger partial charge in [0.15, 0.2) is 0 Å². The van der Waals surface area contributed by atoms with Gasteiger partial charge >= 0.3 is 5.97 Å². The first kappa shape index (κ1) is 13.6. The lowest BCUT2D eigenvalue weighted by atomic mass is 10.0. The molecule has 4 nitrogen and oxygen atoms in total. The van der Waals surface area contributed by atoms with Gasteiger partial charge in [0.1, 0.15) is 0 Å². The normalized spacial score (nSPS) is 22.5. The fourth-order valence-electron chi connectivity index (χ4n) is 2.60. The van der Waals surface area contributed by atoms with Crippen molar-refractivity contribution in [3.8, 4) is 0 Å². The molecule has 1 aromatic carbocycles. The van der Waals surface area contributed by atoms with Gasteiger partial charge < -0.3 is 10.0 Å². The third kappa shape index (κ3) is 2.95. The maximum Gasteiger partial charge on any atom is 0.308 e. The van der Waals surface area contributed by atoms with E-state index in [1.54, 1.807) is 4.90 Å². The molecule has 2 unspecified atom stereocenters. The number of benzene rings is 1. The smallest absolute Gasteiger partial charge is 0.308 e. The van der Waals surface area contributed by atoms with Gasteiger partial charge in [0.2, 0.25) is 5.91 Å². The van der Waals surface area contributed by atoms with Crippen LogP contribution in [-0.2, 0) is 16.0 Å². The summed E-state index contributed by atoms with van der Waals surface area (Å²) in [6.07, 6.45) is 0.896. The van der Waals surface area contributed by atoms with Crippen LogP contribution in [0, 0.1) is 12.8 Å². The number of aryl methyl sites for hydroxylation is 1. The zero-order valence-corrected chi connectivity index (χ0v) is 11.3. The minimum Gasteiger partial charge on any atom is -0.481 e. The van der Waals surface area contributed by atoms with E-state index in [0.29, 0.717) is 19.4 Å². The predicted octanol–water partition coefficient (Wildman–Crippen LogP) is 1.86. The maximum atomic E-state index is 12.2. The number of likely N-dealkylation sites (tertiary alicyclic amines) is 1. The van der Waals surface area contributed by atoms with Crippen molar-refractivity contribution < 1.29 is 14.7 Å². The average Bonchev–Trinajstić information content (AvgIpc) is 2.74. The summed E-state index contributed by atoms with van der Waals surface area (Å²) in [7, 11) is 0. The highest BCUT2D eigenvalue weighted by Crippen LogP contribution is 2.25. The van der Waals surface area contributed by atoms with Gasteiger partial charge in [-0.2, -0.15) is 0 Å². The Hall–Kier alpha value is -1.84. The fraction of sp³-hybridized carbons (Fsp3) is 0.467. The first-order chi connectivity index (χ1) is 8.99. The number of hydrogen-bond donors (Lipinski definition) is 1. The van der Waals surface area contributed by atoms with Crippen LogP contribution in [0.3, 0.4) is 0 Å². The number of hydrogen-bond acceptors (Lipinski definition) is 2. The number of amides is 1. The van der Waals surface area contributed by atoms with Crippen molar-refractivity contribution in [2.45, 2.75) is 32.7 Å². The summed E-state index contributed by atoms with van der Waals surface area (Å²) in [6.45, 7) is 4.37. The Morgan fingerprint density at radius 2 is 1.95 bits per heavy atom. The summed E-state index contributed by atoms with van der Waals surface area (Å²) in [5.74, 6) is -1.22. The van der Waals surface area contributed by atoms with Crippen molar-refractivity contribution in [2.24, 2.45) is 5.92 Å². The average molecular weight is 261 g/mol. The second kappa shape index (κ2) is 5.43. The van der Waals surface area contributed by atoms with Gasteiger partial charge in [-0.1, -0.05) is 29.8 Å². The van der Waals surface area contributed by atoms with E-state index in [1.165, 1.54) is 0 Å². The number of carboxylic acids is 1. The van der Waals surface area contributed by atoms with Crippen LogP contribution in [0.4, 0.5) is 0 Å². The van der Waals surface area contributed by atoms with Gasteiger partial charge in [0.25, 0.3) is 0 Å². The topological polar surface area (TPSA) is 57.6 Å². The number of rotatable bonds is 3. The Bertz CT molecular complexity index is 481. The van der Waals surface area contributed by atoms with Crippen molar-refractivity contribution in [3.05, 3.63) is 35.4 Å². The van der Waals surface area contributed by atoms with E-state index >= 15 is 0 Å². The maximum absolute atomic E-state index is 12.2. The minimum atomic E-state index is -0.807. The molecule has 0 spiro atoms.